The molecule has 1 aromatic carbocycles. The van der Waals surface area contributed by atoms with Crippen LogP contribution in [0.15, 0.2) is 55.1 Å². The largest absolute Gasteiger partial charge is 0.307 e. The number of carbonyl (C=O) groups is 1. The van der Waals surface area contributed by atoms with Crippen molar-refractivity contribution in [3.05, 3.63) is 66.4 Å². The Kier molecular flexibility index (Phi) is 2.79. The fourth-order valence-corrected chi connectivity index (χ4v) is 2.62. The molecule has 4 rings (SSSR count). The number of imidazole rings is 2. The molecule has 0 aliphatic carbocycles. The summed E-state index contributed by atoms with van der Waals surface area (Å²) >= 11 is 0. The summed E-state index contributed by atoms with van der Waals surface area (Å²) < 4.78 is 3.52. The number of rotatable bonds is 2. The predicted molar refractivity (Wildman–Crippen MR) is 84.0 cm³/mol. The molecule has 3 aromatic heterocycles. The second-order valence-electron chi connectivity index (χ2n) is 5.38. The first-order valence-electron chi connectivity index (χ1n) is 7.10. The molecule has 0 fully saturated rings. The molecule has 0 aliphatic heterocycles. The summed E-state index contributed by atoms with van der Waals surface area (Å²) in [6.45, 7) is 2.02. The summed E-state index contributed by atoms with van der Waals surface area (Å²) in [6.07, 6.45) is 5.68. The molecule has 0 radical (unpaired) electrons. The molecule has 0 N–H and O–H groups in total. The van der Waals surface area contributed by atoms with Gasteiger partial charge in [0.05, 0.1) is 23.1 Å². The molecule has 0 saturated carbocycles. The van der Waals surface area contributed by atoms with Crippen LogP contribution in [0.2, 0.25) is 0 Å². The Morgan fingerprint density at radius 3 is 3.00 bits per heavy atom. The molecular formula is C17H14N4O. The second-order valence-corrected chi connectivity index (χ2v) is 5.38. The van der Waals surface area contributed by atoms with E-state index in [1.54, 1.807) is 10.9 Å². The molecule has 108 valence electrons. The lowest BCUT2D eigenvalue weighted by molar-refractivity contribution is 0.0918. The first-order valence-corrected chi connectivity index (χ1v) is 7.10. The number of benzene rings is 1. The minimum absolute atomic E-state index is 0.0335. The SMILES string of the molecule is Cc1ccn2cc(CC(=O)n3cnc4ccccc43)nc2c1. The topological polar surface area (TPSA) is 52.2 Å². The highest BCUT2D eigenvalue weighted by atomic mass is 16.2. The lowest BCUT2D eigenvalue weighted by atomic mass is 10.3. The molecule has 22 heavy (non-hydrogen) atoms. The smallest absolute Gasteiger partial charge is 0.238 e. The molecule has 0 unspecified atom stereocenters. The van der Waals surface area contributed by atoms with Gasteiger partial charge in [0.15, 0.2) is 0 Å². The predicted octanol–water partition coefficient (Wildman–Crippen LogP) is 2.88. The maximum absolute atomic E-state index is 12.5. The summed E-state index contributed by atoms with van der Waals surface area (Å²) in [5.74, 6) is -0.0335. The van der Waals surface area contributed by atoms with Crippen LogP contribution >= 0.6 is 0 Å². The Labute approximate surface area is 126 Å². The number of aryl methyl sites for hydroxylation is 1. The molecule has 5 nitrogen and oxygen atoms in total. The van der Waals surface area contributed by atoms with Crippen molar-refractivity contribution in [3.63, 3.8) is 0 Å². The van der Waals surface area contributed by atoms with E-state index < -0.39 is 0 Å². The van der Waals surface area contributed by atoms with Crippen LogP contribution in [0, 0.1) is 6.92 Å². The fraction of sp³-hybridized carbons (Fsp3) is 0.118. The monoisotopic (exact) mass is 290 g/mol. The summed E-state index contributed by atoms with van der Waals surface area (Å²) in [7, 11) is 0. The van der Waals surface area contributed by atoms with Gasteiger partial charge in [0.2, 0.25) is 5.91 Å². The molecule has 0 atom stereocenters. The third-order valence-corrected chi connectivity index (χ3v) is 3.72. The van der Waals surface area contributed by atoms with Crippen LogP contribution in [0.1, 0.15) is 16.1 Å². The minimum Gasteiger partial charge on any atom is -0.307 e. The van der Waals surface area contributed by atoms with Crippen LogP contribution in [0.4, 0.5) is 0 Å². The number of hydrogen-bond donors (Lipinski definition) is 0. The van der Waals surface area contributed by atoms with Crippen molar-refractivity contribution in [2.24, 2.45) is 0 Å². The summed E-state index contributed by atoms with van der Waals surface area (Å²) in [4.78, 5) is 21.3. The Balaban J connectivity index is 1.68. The van der Waals surface area contributed by atoms with Crippen molar-refractivity contribution < 1.29 is 4.79 Å². The van der Waals surface area contributed by atoms with Crippen LogP contribution in [0.25, 0.3) is 16.7 Å². The number of nitrogens with zero attached hydrogens (tertiary/aromatic N) is 4. The quantitative estimate of drug-likeness (QED) is 0.570. The standard InChI is InChI=1S/C17H14N4O/c1-12-6-7-20-10-13(19-16(20)8-12)9-17(22)21-11-18-14-4-2-3-5-15(14)21/h2-8,10-11H,9H2,1H3. The minimum atomic E-state index is -0.0335. The van der Waals surface area contributed by atoms with Crippen molar-refractivity contribution >= 4 is 22.6 Å². The van der Waals surface area contributed by atoms with Gasteiger partial charge in [-0.1, -0.05) is 12.1 Å². The highest BCUT2D eigenvalue weighted by Crippen LogP contribution is 2.14. The van der Waals surface area contributed by atoms with Gasteiger partial charge in [-0.3, -0.25) is 9.36 Å². The van der Waals surface area contributed by atoms with Gasteiger partial charge < -0.3 is 4.40 Å². The van der Waals surface area contributed by atoms with Crippen molar-refractivity contribution in [3.8, 4) is 0 Å². The van der Waals surface area contributed by atoms with E-state index in [1.807, 2.05) is 60.1 Å². The third-order valence-electron chi connectivity index (χ3n) is 3.72. The van der Waals surface area contributed by atoms with Crippen molar-refractivity contribution in [2.75, 3.05) is 0 Å². The number of aromatic nitrogens is 4. The number of fused-ring (bicyclic) bond motifs is 2. The van der Waals surface area contributed by atoms with E-state index in [0.29, 0.717) is 0 Å². The normalized spacial score (nSPS) is 11.3. The summed E-state index contributed by atoms with van der Waals surface area (Å²) in [5.41, 5.74) is 4.41. The van der Waals surface area contributed by atoms with Gasteiger partial charge in [-0.05, 0) is 36.8 Å². The molecule has 0 amide bonds. The van der Waals surface area contributed by atoms with E-state index >= 15 is 0 Å². The zero-order valence-corrected chi connectivity index (χ0v) is 12.1. The van der Waals surface area contributed by atoms with Gasteiger partial charge in [0, 0.05) is 12.4 Å². The van der Waals surface area contributed by atoms with E-state index in [1.165, 1.54) is 0 Å². The van der Waals surface area contributed by atoms with Gasteiger partial charge in [-0.15, -0.1) is 0 Å². The average Bonchev–Trinajstić information content (AvgIpc) is 3.09. The Bertz CT molecular complexity index is 996. The van der Waals surface area contributed by atoms with E-state index in [4.69, 9.17) is 0 Å². The molecule has 0 aliphatic rings. The van der Waals surface area contributed by atoms with Crippen LogP contribution in [-0.2, 0) is 6.42 Å². The summed E-state index contributed by atoms with van der Waals surface area (Å²) in [6, 6.07) is 11.6. The van der Waals surface area contributed by atoms with Crippen molar-refractivity contribution in [1.29, 1.82) is 0 Å². The molecule has 3 heterocycles. The molecule has 0 spiro atoms. The Morgan fingerprint density at radius 1 is 1.23 bits per heavy atom. The van der Waals surface area contributed by atoms with Crippen LogP contribution in [0.5, 0.6) is 0 Å². The van der Waals surface area contributed by atoms with E-state index in [9.17, 15) is 4.79 Å². The van der Waals surface area contributed by atoms with Gasteiger partial charge in [0.25, 0.3) is 0 Å². The van der Waals surface area contributed by atoms with E-state index in [-0.39, 0.29) is 12.3 Å². The second kappa shape index (κ2) is 4.80. The number of carbonyl (C=O) groups excluding carboxylic acids is 1. The highest BCUT2D eigenvalue weighted by Gasteiger charge is 2.12. The van der Waals surface area contributed by atoms with Gasteiger partial charge >= 0.3 is 0 Å². The molecule has 5 heteroatoms. The zero-order valence-electron chi connectivity index (χ0n) is 12.1. The average molecular weight is 290 g/mol. The van der Waals surface area contributed by atoms with Crippen LogP contribution in [-0.4, -0.2) is 24.8 Å². The molecule has 0 saturated heterocycles. The Morgan fingerprint density at radius 2 is 2.09 bits per heavy atom. The lowest BCUT2D eigenvalue weighted by Crippen LogP contribution is -2.12. The lowest BCUT2D eigenvalue weighted by Gasteiger charge is -2.00. The van der Waals surface area contributed by atoms with Gasteiger partial charge in [-0.2, -0.15) is 0 Å². The van der Waals surface area contributed by atoms with Crippen LogP contribution in [0.3, 0.4) is 0 Å². The fourth-order valence-electron chi connectivity index (χ4n) is 2.62. The first kappa shape index (κ1) is 12.8. The number of hydrogen-bond acceptors (Lipinski definition) is 3. The maximum Gasteiger partial charge on any atom is 0.238 e. The van der Waals surface area contributed by atoms with Gasteiger partial charge in [-0.25, -0.2) is 9.97 Å². The van der Waals surface area contributed by atoms with E-state index in [2.05, 4.69) is 9.97 Å². The highest BCUT2D eigenvalue weighted by molar-refractivity contribution is 5.91. The molecule has 4 aromatic rings. The number of pyridine rings is 1. The van der Waals surface area contributed by atoms with Crippen LogP contribution < -0.4 is 0 Å². The first-order chi connectivity index (χ1) is 10.7. The third kappa shape index (κ3) is 2.07. The van der Waals surface area contributed by atoms with E-state index in [0.717, 1.165) is 27.9 Å². The Hall–Kier alpha value is -2.95. The van der Waals surface area contributed by atoms with Crippen molar-refractivity contribution in [1.82, 2.24) is 18.9 Å². The van der Waals surface area contributed by atoms with Crippen molar-refractivity contribution in [2.45, 2.75) is 13.3 Å². The van der Waals surface area contributed by atoms with Gasteiger partial charge in [0.1, 0.15) is 12.0 Å². The maximum atomic E-state index is 12.5. The number of para-hydroxylation sites is 2. The molecular weight excluding hydrogens is 276 g/mol. The molecule has 0 bridgehead atoms. The summed E-state index contributed by atoms with van der Waals surface area (Å²) in [5, 5.41) is 0. The zero-order chi connectivity index (χ0) is 15.1.